The Morgan fingerprint density at radius 1 is 1.19 bits per heavy atom. The maximum Gasteiger partial charge on any atom is 0.331 e. The molecule has 1 fully saturated rings. The van der Waals surface area contributed by atoms with E-state index in [-0.39, 0.29) is 12.5 Å². The summed E-state index contributed by atoms with van der Waals surface area (Å²) in [7, 11) is 0. The third kappa shape index (κ3) is 5.40. The van der Waals surface area contributed by atoms with Crippen LogP contribution in [0.15, 0.2) is 52.2 Å². The fourth-order valence-electron chi connectivity index (χ4n) is 3.39. The average molecular weight is 370 g/mol. The van der Waals surface area contributed by atoms with E-state index in [1.807, 2.05) is 30.3 Å². The number of amides is 1. The van der Waals surface area contributed by atoms with E-state index in [4.69, 9.17) is 0 Å². The first-order valence-corrected chi connectivity index (χ1v) is 9.45. The molecule has 1 aromatic carbocycles. The first-order valence-electron chi connectivity index (χ1n) is 9.45. The maximum atomic E-state index is 12.6. The molecule has 1 aliphatic heterocycles. The molecule has 1 atom stereocenters. The lowest BCUT2D eigenvalue weighted by Gasteiger charge is -2.22. The average Bonchev–Trinajstić information content (AvgIpc) is 2.69. The topological polar surface area (TPSA) is 85.1 Å². The minimum Gasteiger partial charge on any atom is -0.355 e. The summed E-state index contributed by atoms with van der Waals surface area (Å²) in [5, 5.41) is 6.18. The van der Waals surface area contributed by atoms with Crippen LogP contribution < -0.4 is 21.9 Å². The Kier molecular flexibility index (Phi) is 6.59. The summed E-state index contributed by atoms with van der Waals surface area (Å²) < 4.78 is 2.43. The van der Waals surface area contributed by atoms with Crippen molar-refractivity contribution in [3.05, 3.63) is 69.0 Å². The lowest BCUT2D eigenvalue weighted by molar-refractivity contribution is -0.121. The number of rotatable bonds is 7. The number of hydrogen-bond acceptors (Lipinski definition) is 4. The molecule has 1 saturated heterocycles. The zero-order valence-electron chi connectivity index (χ0n) is 15.4. The van der Waals surface area contributed by atoms with E-state index in [2.05, 4.69) is 10.6 Å². The van der Waals surface area contributed by atoms with E-state index in [0.29, 0.717) is 19.0 Å². The lowest BCUT2D eigenvalue weighted by atomic mass is 9.96. The van der Waals surface area contributed by atoms with Crippen LogP contribution in [-0.2, 0) is 17.9 Å². The van der Waals surface area contributed by atoms with Gasteiger partial charge in [-0.15, -0.1) is 0 Å². The molecule has 1 unspecified atom stereocenters. The van der Waals surface area contributed by atoms with Crippen molar-refractivity contribution in [2.75, 3.05) is 19.6 Å². The predicted octanol–water partition coefficient (Wildman–Crippen LogP) is 0.564. The number of carbonyl (C=O) groups excluding carboxylic acids is 1. The van der Waals surface area contributed by atoms with Crippen molar-refractivity contribution in [3.63, 3.8) is 0 Å². The Morgan fingerprint density at radius 3 is 2.74 bits per heavy atom. The molecule has 1 aromatic heterocycles. The van der Waals surface area contributed by atoms with Gasteiger partial charge in [0.05, 0.1) is 6.54 Å². The summed E-state index contributed by atoms with van der Waals surface area (Å²) in [5.74, 6) is 0.261. The number of aromatic nitrogens is 2. The molecule has 2 aromatic rings. The van der Waals surface area contributed by atoms with Gasteiger partial charge in [0.1, 0.15) is 6.54 Å². The van der Waals surface area contributed by atoms with Gasteiger partial charge in [-0.2, -0.15) is 0 Å². The maximum absolute atomic E-state index is 12.6. The summed E-state index contributed by atoms with van der Waals surface area (Å²) >= 11 is 0. The van der Waals surface area contributed by atoms with Crippen LogP contribution in [0.1, 0.15) is 24.8 Å². The second-order valence-corrected chi connectivity index (χ2v) is 6.99. The van der Waals surface area contributed by atoms with Crippen molar-refractivity contribution in [1.82, 2.24) is 19.8 Å². The van der Waals surface area contributed by atoms with E-state index < -0.39 is 11.2 Å². The van der Waals surface area contributed by atoms with E-state index in [1.165, 1.54) is 29.7 Å². The zero-order chi connectivity index (χ0) is 19.1. The molecule has 0 spiro atoms. The number of benzene rings is 1. The van der Waals surface area contributed by atoms with Gasteiger partial charge < -0.3 is 10.6 Å². The molecule has 0 bridgehead atoms. The number of hydrogen-bond donors (Lipinski definition) is 2. The predicted molar refractivity (Wildman–Crippen MR) is 104 cm³/mol. The van der Waals surface area contributed by atoms with Crippen LogP contribution in [0.4, 0.5) is 0 Å². The molecule has 0 radical (unpaired) electrons. The van der Waals surface area contributed by atoms with E-state index >= 15 is 0 Å². The van der Waals surface area contributed by atoms with Gasteiger partial charge in [0.15, 0.2) is 0 Å². The third-order valence-corrected chi connectivity index (χ3v) is 4.91. The number of piperidine rings is 1. The fraction of sp³-hybridized carbons (Fsp3) is 0.450. The van der Waals surface area contributed by atoms with Crippen LogP contribution in [0.3, 0.4) is 0 Å². The van der Waals surface area contributed by atoms with Gasteiger partial charge in [0.2, 0.25) is 5.91 Å². The van der Waals surface area contributed by atoms with Crippen molar-refractivity contribution >= 4 is 5.91 Å². The lowest BCUT2D eigenvalue weighted by Crippen LogP contribution is -2.43. The second kappa shape index (κ2) is 9.32. The molecule has 3 rings (SSSR count). The van der Waals surface area contributed by atoms with Crippen LogP contribution in [0, 0.1) is 5.92 Å². The molecule has 1 amide bonds. The van der Waals surface area contributed by atoms with Crippen LogP contribution in [0.2, 0.25) is 0 Å². The standard InChI is InChI=1S/C20H26N4O3/c25-18(22-11-8-16-7-4-10-21-13-16)15-24-19(26)9-12-23(20(24)27)14-17-5-2-1-3-6-17/h1-3,5-6,9,12,16,21H,4,7-8,10-11,13-15H2,(H,22,25). The molecular weight excluding hydrogens is 344 g/mol. The van der Waals surface area contributed by atoms with Gasteiger partial charge >= 0.3 is 5.69 Å². The van der Waals surface area contributed by atoms with E-state index in [9.17, 15) is 14.4 Å². The quantitative estimate of drug-likeness (QED) is 0.746. The first-order chi connectivity index (χ1) is 13.1. The molecule has 7 heteroatoms. The second-order valence-electron chi connectivity index (χ2n) is 6.99. The largest absolute Gasteiger partial charge is 0.355 e. The number of nitrogens with one attached hydrogen (secondary N) is 2. The molecule has 7 nitrogen and oxygen atoms in total. The highest BCUT2D eigenvalue weighted by molar-refractivity contribution is 5.75. The molecule has 2 N–H and O–H groups in total. The molecule has 27 heavy (non-hydrogen) atoms. The van der Waals surface area contributed by atoms with Crippen LogP contribution >= 0.6 is 0 Å². The number of carbonyl (C=O) groups is 1. The van der Waals surface area contributed by atoms with Crippen molar-refractivity contribution in [2.24, 2.45) is 5.92 Å². The van der Waals surface area contributed by atoms with Crippen molar-refractivity contribution in [3.8, 4) is 0 Å². The van der Waals surface area contributed by atoms with Gasteiger partial charge in [-0.05, 0) is 43.8 Å². The fourth-order valence-corrected chi connectivity index (χ4v) is 3.39. The molecule has 144 valence electrons. The van der Waals surface area contributed by atoms with E-state index in [1.54, 1.807) is 0 Å². The van der Waals surface area contributed by atoms with Crippen molar-refractivity contribution in [1.29, 1.82) is 0 Å². The monoisotopic (exact) mass is 370 g/mol. The van der Waals surface area contributed by atoms with Gasteiger partial charge in [0, 0.05) is 18.8 Å². The Morgan fingerprint density at radius 2 is 2.00 bits per heavy atom. The summed E-state index contributed by atoms with van der Waals surface area (Å²) in [5.41, 5.74) is 0.0178. The Labute approximate surface area is 158 Å². The minimum atomic E-state index is -0.474. The zero-order valence-corrected chi connectivity index (χ0v) is 15.4. The summed E-state index contributed by atoms with van der Waals surface area (Å²) in [6, 6.07) is 10.8. The van der Waals surface area contributed by atoms with Gasteiger partial charge in [-0.3, -0.25) is 18.7 Å². The Bertz CT molecular complexity index is 867. The van der Waals surface area contributed by atoms with Gasteiger partial charge in [-0.25, -0.2) is 4.79 Å². The first kappa shape index (κ1) is 19.1. The highest BCUT2D eigenvalue weighted by Crippen LogP contribution is 2.12. The van der Waals surface area contributed by atoms with Gasteiger partial charge in [0.25, 0.3) is 5.56 Å². The molecule has 2 heterocycles. The molecule has 1 aliphatic rings. The van der Waals surface area contributed by atoms with Crippen LogP contribution in [-0.4, -0.2) is 34.7 Å². The SMILES string of the molecule is O=C(Cn1c(=O)ccn(Cc2ccccc2)c1=O)NCCC1CCCNC1. The molecule has 0 aliphatic carbocycles. The molecular formula is C20H26N4O3. The summed E-state index contributed by atoms with van der Waals surface area (Å²) in [4.78, 5) is 36.8. The third-order valence-electron chi connectivity index (χ3n) is 4.91. The molecule has 0 saturated carbocycles. The Balaban J connectivity index is 1.60. The van der Waals surface area contributed by atoms with Crippen molar-refractivity contribution < 1.29 is 4.79 Å². The van der Waals surface area contributed by atoms with Crippen LogP contribution in [0.25, 0.3) is 0 Å². The van der Waals surface area contributed by atoms with Gasteiger partial charge in [-0.1, -0.05) is 30.3 Å². The Hall–Kier alpha value is -2.67. The minimum absolute atomic E-state index is 0.254. The summed E-state index contributed by atoms with van der Waals surface area (Å²) in [6.07, 6.45) is 4.72. The number of nitrogens with zero attached hydrogens (tertiary/aromatic N) is 2. The van der Waals surface area contributed by atoms with Crippen LogP contribution in [0.5, 0.6) is 0 Å². The normalized spacial score (nSPS) is 16.8. The summed E-state index contributed by atoms with van der Waals surface area (Å²) in [6.45, 7) is 2.71. The smallest absolute Gasteiger partial charge is 0.331 e. The van der Waals surface area contributed by atoms with E-state index in [0.717, 1.165) is 29.6 Å². The highest BCUT2D eigenvalue weighted by Gasteiger charge is 2.14. The highest BCUT2D eigenvalue weighted by atomic mass is 16.2. The van der Waals surface area contributed by atoms with Crippen molar-refractivity contribution in [2.45, 2.75) is 32.4 Å².